The van der Waals surface area contributed by atoms with Gasteiger partial charge in [0.2, 0.25) is 0 Å². The van der Waals surface area contributed by atoms with Gasteiger partial charge in [0, 0.05) is 6.42 Å². The third-order valence-electron chi connectivity index (χ3n) is 1.75. The summed E-state index contributed by atoms with van der Waals surface area (Å²) >= 11 is 0. The number of hydrogen-bond acceptors (Lipinski definition) is 2. The van der Waals surface area contributed by atoms with Crippen molar-refractivity contribution in [1.29, 1.82) is 0 Å². The fourth-order valence-corrected chi connectivity index (χ4v) is 0.862. The highest BCUT2D eigenvalue weighted by atomic mass is 19.4. The van der Waals surface area contributed by atoms with E-state index in [0.717, 1.165) is 0 Å². The van der Waals surface area contributed by atoms with Crippen LogP contribution in [0.5, 0.6) is 0 Å². The Labute approximate surface area is 75.5 Å². The zero-order valence-electron chi connectivity index (χ0n) is 7.96. The molecule has 0 saturated carbocycles. The van der Waals surface area contributed by atoms with Crippen LogP contribution in [0.4, 0.5) is 13.2 Å². The number of hydrogen-bond donors (Lipinski definition) is 1. The molecule has 0 fully saturated rings. The van der Waals surface area contributed by atoms with Gasteiger partial charge in [0.05, 0.1) is 12.1 Å². The maximum atomic E-state index is 11.8. The van der Waals surface area contributed by atoms with E-state index in [0.29, 0.717) is 0 Å². The van der Waals surface area contributed by atoms with Gasteiger partial charge in [0.1, 0.15) is 0 Å². The minimum absolute atomic E-state index is 0.225. The predicted octanol–water partition coefficient (Wildman–Crippen LogP) is 1.90. The summed E-state index contributed by atoms with van der Waals surface area (Å²) in [6.07, 6.45) is -4.04. The Kier molecular flexibility index (Phi) is 3.90. The average Bonchev–Trinajstić information content (AvgIpc) is 1.98. The van der Waals surface area contributed by atoms with Crippen molar-refractivity contribution >= 4 is 5.78 Å². The number of carbonyl (C=O) groups excluding carboxylic acids is 1. The Balaban J connectivity index is 4.11. The predicted molar refractivity (Wildman–Crippen MR) is 43.4 cm³/mol. The van der Waals surface area contributed by atoms with E-state index in [1.165, 1.54) is 13.8 Å². The van der Waals surface area contributed by atoms with E-state index < -0.39 is 18.3 Å². The smallest absolute Gasteiger partial charge is 0.298 e. The first-order chi connectivity index (χ1) is 5.69. The largest absolute Gasteiger partial charge is 0.401 e. The Hall–Kier alpha value is -0.580. The molecule has 0 aromatic rings. The first-order valence-electron chi connectivity index (χ1n) is 4.04. The van der Waals surface area contributed by atoms with Gasteiger partial charge >= 0.3 is 6.18 Å². The normalized spacial score (nSPS) is 13.1. The van der Waals surface area contributed by atoms with Gasteiger partial charge in [-0.2, -0.15) is 13.2 Å². The lowest BCUT2D eigenvalue weighted by Gasteiger charge is -2.24. The lowest BCUT2D eigenvalue weighted by molar-refractivity contribution is -0.134. The van der Waals surface area contributed by atoms with Crippen molar-refractivity contribution in [3.63, 3.8) is 0 Å². The molecule has 0 amide bonds. The maximum absolute atomic E-state index is 11.8. The van der Waals surface area contributed by atoms with Crippen LogP contribution in [0.15, 0.2) is 0 Å². The van der Waals surface area contributed by atoms with Crippen molar-refractivity contribution < 1.29 is 18.0 Å². The molecule has 0 unspecified atom stereocenters. The van der Waals surface area contributed by atoms with Crippen LogP contribution in [0, 0.1) is 0 Å². The third-order valence-corrected chi connectivity index (χ3v) is 1.75. The van der Waals surface area contributed by atoms with E-state index in [4.69, 9.17) is 0 Å². The Morgan fingerprint density at radius 3 is 2.08 bits per heavy atom. The topological polar surface area (TPSA) is 29.1 Å². The summed E-state index contributed by atoms with van der Waals surface area (Å²) in [5, 5.41) is 2.18. The summed E-state index contributed by atoms with van der Waals surface area (Å²) in [5.74, 6) is -0.225. The summed E-state index contributed by atoms with van der Waals surface area (Å²) in [5.41, 5.74) is -1.09. The van der Waals surface area contributed by atoms with Gasteiger partial charge in [0.15, 0.2) is 5.78 Å². The van der Waals surface area contributed by atoms with Gasteiger partial charge in [-0.3, -0.25) is 10.1 Å². The van der Waals surface area contributed by atoms with E-state index in [2.05, 4.69) is 5.32 Å². The number of alkyl halides is 3. The van der Waals surface area contributed by atoms with Gasteiger partial charge in [-0.25, -0.2) is 0 Å². The molecule has 13 heavy (non-hydrogen) atoms. The molecule has 0 aromatic heterocycles. The zero-order valence-corrected chi connectivity index (χ0v) is 7.96. The number of carbonyl (C=O) groups is 1. The number of Topliss-reactive ketones (excluding diaryl/α,β-unsaturated/α-hetero) is 1. The molecule has 0 rings (SSSR count). The molecule has 0 aliphatic heterocycles. The molecule has 0 aliphatic rings. The van der Waals surface area contributed by atoms with Gasteiger partial charge in [-0.15, -0.1) is 0 Å². The van der Waals surface area contributed by atoms with E-state index in [1.807, 2.05) is 0 Å². The summed E-state index contributed by atoms with van der Waals surface area (Å²) in [6.45, 7) is 3.39. The molecule has 0 radical (unpaired) electrons. The zero-order chi connectivity index (χ0) is 10.7. The lowest BCUT2D eigenvalue weighted by atomic mass is 9.97. The van der Waals surface area contributed by atoms with E-state index in [9.17, 15) is 18.0 Å². The second kappa shape index (κ2) is 4.09. The molecule has 0 bridgehead atoms. The van der Waals surface area contributed by atoms with Crippen LogP contribution in [0.2, 0.25) is 0 Å². The molecule has 1 N–H and O–H groups in total. The van der Waals surface area contributed by atoms with Gasteiger partial charge in [-0.05, 0) is 13.8 Å². The van der Waals surface area contributed by atoms with Gasteiger partial charge in [0.25, 0.3) is 0 Å². The highest BCUT2D eigenvalue weighted by Crippen LogP contribution is 2.15. The standard InChI is InChI=1S/C8H14F3NO/c1-4-6(13)7(2,3)12-5-8(9,10)11/h12H,4-5H2,1-3H3. The molecule has 0 aliphatic carbocycles. The molecule has 0 aromatic carbocycles. The average molecular weight is 197 g/mol. The Bertz CT molecular complexity index is 186. The number of halogens is 3. The molecule has 0 saturated heterocycles. The fraction of sp³-hybridized carbons (Fsp3) is 0.875. The minimum atomic E-state index is -4.27. The molecule has 5 heteroatoms. The first kappa shape index (κ1) is 12.4. The van der Waals surface area contributed by atoms with Crippen LogP contribution < -0.4 is 5.32 Å². The molecule has 0 spiro atoms. The second-order valence-corrected chi connectivity index (χ2v) is 3.37. The third kappa shape index (κ3) is 4.87. The minimum Gasteiger partial charge on any atom is -0.298 e. The van der Waals surface area contributed by atoms with Crippen LogP contribution in [0.25, 0.3) is 0 Å². The van der Waals surface area contributed by atoms with Crippen molar-refractivity contribution in [2.75, 3.05) is 6.54 Å². The second-order valence-electron chi connectivity index (χ2n) is 3.37. The highest BCUT2D eigenvalue weighted by molar-refractivity contribution is 5.87. The van der Waals surface area contributed by atoms with E-state index >= 15 is 0 Å². The number of rotatable bonds is 4. The summed E-state index contributed by atoms with van der Waals surface area (Å²) in [6, 6.07) is 0. The van der Waals surface area contributed by atoms with Crippen molar-refractivity contribution in [3.05, 3.63) is 0 Å². The van der Waals surface area contributed by atoms with Crippen molar-refractivity contribution in [1.82, 2.24) is 5.32 Å². The van der Waals surface area contributed by atoms with Crippen LogP contribution in [-0.2, 0) is 4.79 Å². The summed E-state index contributed by atoms with van der Waals surface area (Å²) < 4.78 is 35.3. The summed E-state index contributed by atoms with van der Waals surface area (Å²) in [4.78, 5) is 11.1. The highest BCUT2D eigenvalue weighted by Gasteiger charge is 2.33. The SMILES string of the molecule is CCC(=O)C(C)(C)NCC(F)(F)F. The van der Waals surface area contributed by atoms with Gasteiger partial charge < -0.3 is 0 Å². The number of nitrogens with one attached hydrogen (secondary N) is 1. The molecule has 2 nitrogen and oxygen atoms in total. The first-order valence-corrected chi connectivity index (χ1v) is 4.04. The Morgan fingerprint density at radius 1 is 1.31 bits per heavy atom. The molecule has 78 valence electrons. The molecule has 0 heterocycles. The monoisotopic (exact) mass is 197 g/mol. The maximum Gasteiger partial charge on any atom is 0.401 e. The quantitative estimate of drug-likeness (QED) is 0.745. The van der Waals surface area contributed by atoms with Crippen LogP contribution in [0.3, 0.4) is 0 Å². The molecular formula is C8H14F3NO. The van der Waals surface area contributed by atoms with Gasteiger partial charge in [-0.1, -0.05) is 6.92 Å². The van der Waals surface area contributed by atoms with E-state index in [-0.39, 0.29) is 12.2 Å². The fourth-order valence-electron chi connectivity index (χ4n) is 0.862. The van der Waals surface area contributed by atoms with Crippen LogP contribution in [0.1, 0.15) is 27.2 Å². The van der Waals surface area contributed by atoms with Crippen molar-refractivity contribution in [2.24, 2.45) is 0 Å². The van der Waals surface area contributed by atoms with Crippen molar-refractivity contribution in [3.8, 4) is 0 Å². The molecular weight excluding hydrogens is 183 g/mol. The number of ketones is 1. The van der Waals surface area contributed by atoms with Crippen LogP contribution >= 0.6 is 0 Å². The Morgan fingerprint density at radius 2 is 1.77 bits per heavy atom. The van der Waals surface area contributed by atoms with Crippen LogP contribution in [-0.4, -0.2) is 24.0 Å². The molecule has 0 atom stereocenters. The van der Waals surface area contributed by atoms with Crippen molar-refractivity contribution in [2.45, 2.75) is 38.9 Å². The summed E-state index contributed by atoms with van der Waals surface area (Å²) in [7, 11) is 0. The lowest BCUT2D eigenvalue weighted by Crippen LogP contribution is -2.49. The van der Waals surface area contributed by atoms with E-state index in [1.54, 1.807) is 6.92 Å².